The van der Waals surface area contributed by atoms with Crippen LogP contribution >= 0.6 is 19.4 Å². The molecule has 3 rings (SSSR count). The van der Waals surface area contributed by atoms with Gasteiger partial charge in [0.1, 0.15) is 0 Å². The molecule has 2 heterocycles. The Morgan fingerprint density at radius 2 is 1.59 bits per heavy atom. The quantitative estimate of drug-likeness (QED) is 0.335. The smallest absolute Gasteiger partial charge is 0.185 e. The van der Waals surface area contributed by atoms with Gasteiger partial charge in [0.15, 0.2) is 20.0 Å². The summed E-state index contributed by atoms with van der Waals surface area (Å²) < 4.78 is 58.8. The van der Waals surface area contributed by atoms with E-state index < -0.39 is 39.7 Å². The third-order valence-electron chi connectivity index (χ3n) is 4.73. The van der Waals surface area contributed by atoms with Crippen molar-refractivity contribution in [3.63, 3.8) is 0 Å². The average Bonchev–Trinajstić information content (AvgIpc) is 3.27. The number of sulfonamides is 2. The van der Waals surface area contributed by atoms with Crippen molar-refractivity contribution in [3.8, 4) is 5.75 Å². The van der Waals surface area contributed by atoms with Crippen molar-refractivity contribution in [2.24, 2.45) is 0 Å². The number of halogens is 2. The Kier molecular flexibility index (Phi) is 11.4. The van der Waals surface area contributed by atoms with E-state index in [0.717, 1.165) is 33.4 Å². The largest absolute Gasteiger partial charge is 0.336 e. The molecule has 15 heteroatoms. The summed E-state index contributed by atoms with van der Waals surface area (Å²) in [5.74, 6) is 0.602. The molecule has 0 radical (unpaired) electrons. The van der Waals surface area contributed by atoms with Crippen LogP contribution in [0.3, 0.4) is 0 Å². The van der Waals surface area contributed by atoms with Crippen LogP contribution in [-0.4, -0.2) is 98.9 Å². The molecule has 2 aliphatic rings. The fourth-order valence-electron chi connectivity index (χ4n) is 3.00. The summed E-state index contributed by atoms with van der Waals surface area (Å²) in [5, 5.41) is 0. The summed E-state index contributed by atoms with van der Waals surface area (Å²) in [6, 6.07) is 7.45. The van der Waals surface area contributed by atoms with E-state index in [1.54, 1.807) is 11.8 Å². The summed E-state index contributed by atoms with van der Waals surface area (Å²) >= 11 is -1.94. The normalized spacial score (nSPS) is 19.1. The van der Waals surface area contributed by atoms with Crippen LogP contribution in [0.2, 0.25) is 0 Å². The van der Waals surface area contributed by atoms with Crippen LogP contribution < -0.4 is 4.74 Å². The van der Waals surface area contributed by atoms with Crippen LogP contribution in [0.15, 0.2) is 24.3 Å². The third-order valence-corrected chi connectivity index (χ3v) is 8.82. The standard InChI is InChI=1S/C14H17NO3.C5H11N2O4S2.2ClH.Ru/c1-11-5-3-4-6-13(11)18-12(2)14(16)15-7-9-17-10-8-15;1-12(8,9)6-3-4-7(5-6)13(2,10)11;;;/h1,3-6,12H,7-10H2,2H3;5H,3-4H2,1-2H3;2*1H;/q;-1;;;+2/p-2. The Labute approximate surface area is 214 Å². The number of benzene rings is 1. The molecule has 0 aliphatic carbocycles. The molecule has 34 heavy (non-hydrogen) atoms. The second-order valence-corrected chi connectivity index (χ2v) is 17.0. The SMILES string of the molecule is CC(Oc1ccccc1[CH]=[Ru]([Cl])[Cl])C(=O)N1CCOCC1.CS(=O)(=O)N1[CH-]N(S(C)(=O)=O)CC1. The van der Waals surface area contributed by atoms with E-state index in [1.165, 1.54) is 0 Å². The minimum Gasteiger partial charge on any atom is -0.336 e. The van der Waals surface area contributed by atoms with Gasteiger partial charge in [0.25, 0.3) is 0 Å². The first kappa shape index (κ1) is 29.6. The zero-order valence-electron chi connectivity index (χ0n) is 18.9. The number of morpholine rings is 1. The predicted octanol–water partition coefficient (Wildman–Crippen LogP) is 1.03. The molecule has 10 nitrogen and oxygen atoms in total. The first-order valence-electron chi connectivity index (χ1n) is 10.0. The van der Waals surface area contributed by atoms with E-state index in [4.69, 9.17) is 28.9 Å². The molecule has 1 atom stereocenters. The van der Waals surface area contributed by atoms with Crippen LogP contribution in [0, 0.1) is 6.67 Å². The molecule has 0 spiro atoms. The van der Waals surface area contributed by atoms with Crippen molar-refractivity contribution in [2.45, 2.75) is 13.0 Å². The number of amides is 1. The van der Waals surface area contributed by atoms with E-state index >= 15 is 0 Å². The van der Waals surface area contributed by atoms with E-state index in [0.29, 0.717) is 32.1 Å². The van der Waals surface area contributed by atoms with Gasteiger partial charge in [-0.25, -0.2) is 16.8 Å². The first-order chi connectivity index (χ1) is 15.8. The molecule has 0 N–H and O–H groups in total. The van der Waals surface area contributed by atoms with Crippen LogP contribution in [-0.2, 0) is 43.1 Å². The monoisotopic (exact) mass is 646 g/mol. The summed E-state index contributed by atoms with van der Waals surface area (Å²) in [6.07, 6.45) is 1.52. The van der Waals surface area contributed by atoms with Gasteiger partial charge < -0.3 is 8.61 Å². The maximum Gasteiger partial charge on any atom is 0.185 e. The summed E-state index contributed by atoms with van der Waals surface area (Å²) in [5.41, 5.74) is 0.836. The molecular formula is C19H28Cl2N3O7RuS2-. The van der Waals surface area contributed by atoms with Gasteiger partial charge in [-0.3, -0.25) is 0 Å². The minimum atomic E-state index is -3.32. The predicted molar refractivity (Wildman–Crippen MR) is 128 cm³/mol. The number of hydrogen-bond acceptors (Lipinski definition) is 7. The van der Waals surface area contributed by atoms with Gasteiger partial charge in [0, 0.05) is 0 Å². The molecule has 0 saturated carbocycles. The average molecular weight is 647 g/mol. The van der Waals surface area contributed by atoms with Crippen molar-refractivity contribution < 1.29 is 44.6 Å². The molecule has 2 saturated heterocycles. The zero-order valence-corrected chi connectivity index (χ0v) is 23.8. The molecule has 2 aliphatic heterocycles. The third kappa shape index (κ3) is 9.42. The Balaban J connectivity index is 0.000000270. The van der Waals surface area contributed by atoms with Crippen molar-refractivity contribution in [3.05, 3.63) is 36.5 Å². The number of hydrogen-bond donors (Lipinski definition) is 0. The Hall–Kier alpha value is -0.657. The second-order valence-electron chi connectivity index (χ2n) is 7.41. The van der Waals surface area contributed by atoms with E-state index in [1.807, 2.05) is 28.9 Å². The van der Waals surface area contributed by atoms with Gasteiger partial charge in [0.05, 0.1) is 12.5 Å². The van der Waals surface area contributed by atoms with E-state index in [2.05, 4.69) is 0 Å². The molecule has 2 fully saturated rings. The second kappa shape index (κ2) is 13.1. The molecule has 1 unspecified atom stereocenters. The van der Waals surface area contributed by atoms with Crippen molar-refractivity contribution in [1.82, 2.24) is 13.5 Å². The first-order valence-corrected chi connectivity index (χ1v) is 19.2. The summed E-state index contributed by atoms with van der Waals surface area (Å²) in [6.45, 7) is 5.61. The Bertz CT molecular complexity index is 1050. The summed E-state index contributed by atoms with van der Waals surface area (Å²) in [4.78, 5) is 14.1. The molecule has 0 aromatic heterocycles. The van der Waals surface area contributed by atoms with E-state index in [-0.39, 0.29) is 19.0 Å². The van der Waals surface area contributed by atoms with Crippen LogP contribution in [0.25, 0.3) is 0 Å². The van der Waals surface area contributed by atoms with Gasteiger partial charge in [0.2, 0.25) is 0 Å². The molecule has 1 aromatic carbocycles. The van der Waals surface area contributed by atoms with Crippen LogP contribution in [0.5, 0.6) is 5.75 Å². The number of ether oxygens (including phenoxy) is 2. The van der Waals surface area contributed by atoms with Crippen molar-refractivity contribution in [1.29, 1.82) is 0 Å². The van der Waals surface area contributed by atoms with Gasteiger partial charge in [-0.05, 0) is 13.1 Å². The number of carbonyl (C=O) groups excluding carboxylic acids is 1. The number of para-hydroxylation sites is 1. The summed E-state index contributed by atoms with van der Waals surface area (Å²) in [7, 11) is 5.18. The fraction of sp³-hybridized carbons (Fsp3) is 0.526. The number of carbonyl (C=O) groups is 1. The maximum atomic E-state index is 12.3. The Morgan fingerprint density at radius 1 is 1.06 bits per heavy atom. The van der Waals surface area contributed by atoms with Gasteiger partial charge in [-0.15, -0.1) is 0 Å². The molecule has 196 valence electrons. The molecule has 1 amide bonds. The van der Waals surface area contributed by atoms with Crippen LogP contribution in [0.4, 0.5) is 0 Å². The molecule has 0 bridgehead atoms. The molecule has 1 aromatic rings. The molecular weight excluding hydrogens is 618 g/mol. The topological polar surface area (TPSA) is 114 Å². The number of nitrogens with zero attached hydrogens (tertiary/aromatic N) is 3. The van der Waals surface area contributed by atoms with Crippen molar-refractivity contribution >= 4 is 49.9 Å². The minimum absolute atomic E-state index is 0.0287. The van der Waals surface area contributed by atoms with Gasteiger partial charge in [-0.1, -0.05) is 0 Å². The van der Waals surface area contributed by atoms with Gasteiger partial charge >= 0.3 is 137 Å². The maximum absolute atomic E-state index is 12.3. The van der Waals surface area contributed by atoms with E-state index in [9.17, 15) is 21.6 Å². The van der Waals surface area contributed by atoms with Gasteiger partial charge in [-0.2, -0.15) is 6.67 Å². The zero-order chi connectivity index (χ0) is 25.5. The Morgan fingerprint density at radius 3 is 2.06 bits per heavy atom. The number of rotatable bonds is 6. The van der Waals surface area contributed by atoms with Crippen LogP contribution in [0.1, 0.15) is 12.5 Å². The van der Waals surface area contributed by atoms with Crippen molar-refractivity contribution in [2.75, 3.05) is 51.9 Å². The fourth-order valence-corrected chi connectivity index (χ4v) is 6.26.